The molecule has 0 spiro atoms. The molecule has 3 heterocycles. The maximum atomic E-state index is 12.8. The van der Waals surface area contributed by atoms with Gasteiger partial charge in [0, 0.05) is 36.6 Å². The van der Waals surface area contributed by atoms with Gasteiger partial charge in [-0.25, -0.2) is 0 Å². The molecule has 36 heavy (non-hydrogen) atoms. The van der Waals surface area contributed by atoms with Crippen molar-refractivity contribution >= 4 is 28.2 Å². The maximum Gasteiger partial charge on any atom is 0.134 e. The third-order valence-corrected chi connectivity index (χ3v) is 12.0. The number of aromatic amines is 2. The lowest BCUT2D eigenvalue weighted by Gasteiger charge is -2.50. The van der Waals surface area contributed by atoms with Crippen LogP contribution in [0.2, 0.25) is 0 Å². The first-order valence-corrected chi connectivity index (χ1v) is 14.6. The molecule has 5 heteroatoms. The van der Waals surface area contributed by atoms with Crippen LogP contribution in [0.25, 0.3) is 0 Å². The standard InChI is InChI=1S/C31H36N2OP2/c1-29(2)20-24(34)21-30(3,4)36(29)26-15-14-23(18-22-10-6-5-7-11-22)19-25(26)31(35,27-12-8-16-32-27)28-13-9-17-33-28/h5-17,19,32-33H,18,20-21,35H2,1-4H3. The summed E-state index contributed by atoms with van der Waals surface area (Å²) in [5.74, 6) is 0.386. The molecule has 0 bridgehead atoms. The Morgan fingerprint density at radius 2 is 1.39 bits per heavy atom. The minimum absolute atomic E-state index is 0.0824. The van der Waals surface area contributed by atoms with Gasteiger partial charge >= 0.3 is 0 Å². The minimum Gasteiger partial charge on any atom is -0.364 e. The molecule has 1 saturated heterocycles. The van der Waals surface area contributed by atoms with Gasteiger partial charge in [-0.15, -0.1) is 9.24 Å². The van der Waals surface area contributed by atoms with E-state index in [4.69, 9.17) is 0 Å². The normalized spacial score (nSPS) is 17.9. The third kappa shape index (κ3) is 4.53. The lowest BCUT2D eigenvalue weighted by molar-refractivity contribution is -0.120. The van der Waals surface area contributed by atoms with Crippen molar-refractivity contribution in [2.75, 3.05) is 0 Å². The van der Waals surface area contributed by atoms with Crippen molar-refractivity contribution in [3.8, 4) is 0 Å². The summed E-state index contributed by atoms with van der Waals surface area (Å²) in [5.41, 5.74) is 6.16. The first-order chi connectivity index (χ1) is 17.1. The number of benzene rings is 2. The van der Waals surface area contributed by atoms with E-state index in [1.807, 2.05) is 12.4 Å². The molecule has 5 rings (SSSR count). The molecule has 0 radical (unpaired) electrons. The first kappa shape index (κ1) is 25.2. The van der Waals surface area contributed by atoms with Crippen LogP contribution in [0.15, 0.2) is 85.2 Å². The Labute approximate surface area is 218 Å². The number of H-pyrrole nitrogens is 2. The summed E-state index contributed by atoms with van der Waals surface area (Å²) in [4.78, 5) is 19.8. The number of carbonyl (C=O) groups is 1. The van der Waals surface area contributed by atoms with Gasteiger partial charge in [0.05, 0.1) is 5.16 Å². The van der Waals surface area contributed by atoms with Crippen molar-refractivity contribution in [2.45, 2.75) is 62.4 Å². The molecule has 1 atom stereocenters. The van der Waals surface area contributed by atoms with Gasteiger partial charge in [0.1, 0.15) is 5.78 Å². The fraction of sp³-hybridized carbons (Fsp3) is 0.323. The first-order valence-electron chi connectivity index (χ1n) is 12.7. The highest BCUT2D eigenvalue weighted by Gasteiger charge is 2.50. The predicted octanol–water partition coefficient (Wildman–Crippen LogP) is 7.13. The van der Waals surface area contributed by atoms with Crippen LogP contribution in [0.4, 0.5) is 0 Å². The second-order valence-electron chi connectivity index (χ2n) is 11.3. The summed E-state index contributed by atoms with van der Waals surface area (Å²) >= 11 is 0. The van der Waals surface area contributed by atoms with Crippen molar-refractivity contribution in [2.24, 2.45) is 0 Å². The fourth-order valence-corrected chi connectivity index (χ4v) is 11.3. The molecule has 2 aromatic heterocycles. The van der Waals surface area contributed by atoms with Crippen LogP contribution >= 0.6 is 17.2 Å². The van der Waals surface area contributed by atoms with E-state index in [2.05, 4.69) is 120 Å². The van der Waals surface area contributed by atoms with E-state index in [-0.39, 0.29) is 10.3 Å². The Balaban J connectivity index is 1.76. The summed E-state index contributed by atoms with van der Waals surface area (Å²) in [6.07, 6.45) is 6.17. The second-order valence-corrected chi connectivity index (χ2v) is 15.8. The fourth-order valence-electron chi connectivity index (χ4n) is 6.28. The molecule has 0 saturated carbocycles. The van der Waals surface area contributed by atoms with Crippen LogP contribution in [0.1, 0.15) is 68.6 Å². The van der Waals surface area contributed by atoms with Crippen LogP contribution in [0.3, 0.4) is 0 Å². The lowest BCUT2D eigenvalue weighted by atomic mass is 9.89. The Kier molecular flexibility index (Phi) is 6.61. The van der Waals surface area contributed by atoms with Gasteiger partial charge < -0.3 is 9.97 Å². The van der Waals surface area contributed by atoms with E-state index in [9.17, 15) is 4.79 Å². The zero-order valence-corrected chi connectivity index (χ0v) is 23.7. The third-order valence-electron chi connectivity index (χ3n) is 7.49. The number of ketones is 1. The average Bonchev–Trinajstić information content (AvgIpc) is 3.53. The molecular formula is C31H36N2OP2. The topological polar surface area (TPSA) is 48.6 Å². The highest BCUT2D eigenvalue weighted by Crippen LogP contribution is 2.65. The number of carbonyl (C=O) groups excluding carboxylic acids is 1. The number of hydrogen-bond acceptors (Lipinski definition) is 1. The van der Waals surface area contributed by atoms with Gasteiger partial charge in [-0.05, 0) is 63.0 Å². The molecular weight excluding hydrogens is 478 g/mol. The van der Waals surface area contributed by atoms with Crippen LogP contribution in [0, 0.1) is 0 Å². The Morgan fingerprint density at radius 3 is 1.92 bits per heavy atom. The van der Waals surface area contributed by atoms with Crippen LogP contribution in [0.5, 0.6) is 0 Å². The molecule has 4 aromatic rings. The number of Topliss-reactive ketones (excluding diaryl/α,β-unsaturated/α-hetero) is 1. The summed E-state index contributed by atoms with van der Waals surface area (Å²) < 4.78 is 0. The summed E-state index contributed by atoms with van der Waals surface area (Å²) in [7, 11) is 2.55. The summed E-state index contributed by atoms with van der Waals surface area (Å²) in [6.45, 7) is 9.19. The smallest absolute Gasteiger partial charge is 0.134 e. The van der Waals surface area contributed by atoms with Gasteiger partial charge in [-0.3, -0.25) is 4.79 Å². The van der Waals surface area contributed by atoms with Gasteiger partial charge in [0.15, 0.2) is 0 Å². The zero-order valence-electron chi connectivity index (χ0n) is 21.6. The highest BCUT2D eigenvalue weighted by molar-refractivity contribution is 7.69. The molecule has 1 fully saturated rings. The average molecular weight is 515 g/mol. The van der Waals surface area contributed by atoms with Gasteiger partial charge in [0.2, 0.25) is 0 Å². The second kappa shape index (κ2) is 9.44. The van der Waals surface area contributed by atoms with Crippen molar-refractivity contribution in [3.63, 3.8) is 0 Å². The van der Waals surface area contributed by atoms with Gasteiger partial charge in [-0.1, -0.05) is 84.1 Å². The van der Waals surface area contributed by atoms with Crippen LogP contribution in [-0.4, -0.2) is 26.1 Å². The molecule has 3 nitrogen and oxygen atoms in total. The Morgan fingerprint density at radius 1 is 0.806 bits per heavy atom. The molecule has 186 valence electrons. The SMILES string of the molecule is CC1(C)CC(=O)CC(C)(C)P1c1ccc(Cc2ccccc2)cc1C(P)(c1ccc[nH]1)c1ccc[nH]1. The Hall–Kier alpha value is -2.47. The molecule has 0 amide bonds. The van der Waals surface area contributed by atoms with Crippen molar-refractivity contribution < 1.29 is 4.79 Å². The van der Waals surface area contributed by atoms with E-state index in [1.165, 1.54) is 22.0 Å². The van der Waals surface area contributed by atoms with Crippen molar-refractivity contribution in [1.29, 1.82) is 0 Å². The molecule has 1 unspecified atom stereocenters. The Bertz CT molecular complexity index is 1280. The molecule has 0 aliphatic carbocycles. The summed E-state index contributed by atoms with van der Waals surface area (Å²) in [6, 6.07) is 26.3. The predicted molar refractivity (Wildman–Crippen MR) is 156 cm³/mol. The zero-order chi connectivity index (χ0) is 25.6. The van der Waals surface area contributed by atoms with Gasteiger partial charge in [0.25, 0.3) is 0 Å². The number of hydrogen-bond donors (Lipinski definition) is 2. The number of aromatic nitrogens is 2. The quantitative estimate of drug-likeness (QED) is 0.264. The largest absolute Gasteiger partial charge is 0.364 e. The number of nitrogens with one attached hydrogen (secondary N) is 2. The number of rotatable bonds is 6. The molecule has 1 aliphatic heterocycles. The van der Waals surface area contributed by atoms with Crippen molar-refractivity contribution in [3.05, 3.63) is 113 Å². The molecule has 1 aliphatic rings. The van der Waals surface area contributed by atoms with Gasteiger partial charge in [-0.2, -0.15) is 0 Å². The maximum absolute atomic E-state index is 12.8. The minimum atomic E-state index is -0.650. The van der Waals surface area contributed by atoms with Crippen LogP contribution in [-0.2, 0) is 16.4 Å². The highest BCUT2D eigenvalue weighted by atomic mass is 31.1. The molecule has 2 N–H and O–H groups in total. The molecule has 2 aromatic carbocycles. The monoisotopic (exact) mass is 514 g/mol. The van der Waals surface area contributed by atoms with E-state index in [1.54, 1.807) is 0 Å². The van der Waals surface area contributed by atoms with Crippen LogP contribution < -0.4 is 5.30 Å². The van der Waals surface area contributed by atoms with E-state index >= 15 is 0 Å². The van der Waals surface area contributed by atoms with E-state index in [0.717, 1.165) is 17.8 Å². The van der Waals surface area contributed by atoms with Crippen molar-refractivity contribution in [1.82, 2.24) is 9.97 Å². The van der Waals surface area contributed by atoms with E-state index < -0.39 is 13.1 Å². The van der Waals surface area contributed by atoms with E-state index in [0.29, 0.717) is 18.6 Å². The summed E-state index contributed by atoms with van der Waals surface area (Å²) in [5, 5.41) is 0.760. The lowest BCUT2D eigenvalue weighted by Crippen LogP contribution is -2.45.